The Labute approximate surface area is 208 Å². The minimum atomic E-state index is 0.156. The second-order valence-corrected chi connectivity index (χ2v) is 12.8. The molecule has 4 saturated carbocycles. The number of ketones is 1. The average molecular weight is 480 g/mol. The molecule has 4 aliphatic carbocycles. The van der Waals surface area contributed by atoms with Gasteiger partial charge in [-0.1, -0.05) is 41.0 Å². The summed E-state index contributed by atoms with van der Waals surface area (Å²) in [6.45, 7) is 12.4. The van der Waals surface area contributed by atoms with E-state index in [1.807, 2.05) is 0 Å². The van der Waals surface area contributed by atoms with Crippen LogP contribution in [0.3, 0.4) is 0 Å². The topological polar surface area (TPSA) is 46.2 Å². The number of fused-ring (bicyclic) bond motifs is 5. The molecule has 0 saturated heterocycles. The van der Waals surface area contributed by atoms with Crippen molar-refractivity contribution in [2.45, 2.75) is 112 Å². The zero-order valence-electron chi connectivity index (χ0n) is 22.1. The van der Waals surface area contributed by atoms with Crippen LogP contribution in [-0.2, 0) is 9.59 Å². The summed E-state index contributed by atoms with van der Waals surface area (Å²) in [5, 5.41) is 2.92. The fourth-order valence-electron chi connectivity index (χ4n) is 8.86. The van der Waals surface area contributed by atoms with Crippen LogP contribution in [0.4, 0.5) is 0 Å². The molecule has 4 heteroatoms. The Balaban J connectivity index is 0.000000968. The van der Waals surface area contributed by atoms with Crippen molar-refractivity contribution >= 4 is 23.3 Å². The first-order chi connectivity index (χ1) is 15.7. The number of nitrogens with one attached hydrogen (secondary N) is 1. The zero-order valence-corrected chi connectivity index (χ0v) is 22.8. The van der Waals surface area contributed by atoms with E-state index in [4.69, 9.17) is 11.6 Å². The van der Waals surface area contributed by atoms with Crippen molar-refractivity contribution in [1.82, 2.24) is 5.32 Å². The van der Waals surface area contributed by atoms with E-state index in [2.05, 4.69) is 39.9 Å². The fourth-order valence-corrected chi connectivity index (χ4v) is 8.95. The van der Waals surface area contributed by atoms with Gasteiger partial charge in [0, 0.05) is 31.7 Å². The van der Waals surface area contributed by atoms with Gasteiger partial charge in [-0.25, -0.2) is 0 Å². The van der Waals surface area contributed by atoms with E-state index < -0.39 is 0 Å². The lowest BCUT2D eigenvalue weighted by molar-refractivity contribution is -0.140. The van der Waals surface area contributed by atoms with Gasteiger partial charge < -0.3 is 5.32 Å². The molecule has 33 heavy (non-hydrogen) atoms. The van der Waals surface area contributed by atoms with E-state index in [1.54, 1.807) is 0 Å². The number of rotatable bonds is 6. The van der Waals surface area contributed by atoms with Gasteiger partial charge in [-0.2, -0.15) is 0 Å². The first-order valence-corrected chi connectivity index (χ1v) is 14.6. The summed E-state index contributed by atoms with van der Waals surface area (Å²) in [6.07, 6.45) is 13.7. The first kappa shape index (κ1) is 27.0. The Bertz CT molecular complexity index is 681. The van der Waals surface area contributed by atoms with Gasteiger partial charge in [-0.15, -0.1) is 11.6 Å². The number of hydrogen-bond donors (Lipinski definition) is 1. The lowest BCUT2D eigenvalue weighted by Crippen LogP contribution is -2.53. The minimum Gasteiger partial charge on any atom is -0.355 e. The molecule has 0 heterocycles. The van der Waals surface area contributed by atoms with Crippen LogP contribution in [0.2, 0.25) is 0 Å². The number of carbonyl (C=O) groups is 2. The maximum atomic E-state index is 12.1. The molecule has 0 aliphatic heterocycles. The fraction of sp³-hybridized carbons (Fsp3) is 0.931. The standard InChI is InChI=1S/C26H42ClNO2.C3H8/c1-17(4-9-24(30)28-15-14-27)21-7-8-22-20-6-5-18-16-19(29)10-12-25(18,2)23(20)11-13-26(21,22)3;1-3-2/h17-18,20-23H,4-16H2,1-3H3,(H,28,30);3H2,1-2H3. The number of Topliss-reactive ketones (excluding diaryl/α,β-unsaturated/α-hetero) is 1. The summed E-state index contributed by atoms with van der Waals surface area (Å²) in [6, 6.07) is 0. The molecular formula is C29H50ClNO2. The van der Waals surface area contributed by atoms with Crippen molar-refractivity contribution in [2.75, 3.05) is 12.4 Å². The lowest BCUT2D eigenvalue weighted by atomic mass is 9.44. The van der Waals surface area contributed by atoms with Crippen molar-refractivity contribution in [3.05, 3.63) is 0 Å². The number of hydrogen-bond acceptors (Lipinski definition) is 2. The Morgan fingerprint density at radius 1 is 1.06 bits per heavy atom. The molecule has 4 aliphatic rings. The summed E-state index contributed by atoms with van der Waals surface area (Å²) >= 11 is 5.69. The molecule has 190 valence electrons. The molecule has 3 nitrogen and oxygen atoms in total. The molecule has 0 bridgehead atoms. The van der Waals surface area contributed by atoms with Gasteiger partial charge in [0.2, 0.25) is 5.91 Å². The highest BCUT2D eigenvalue weighted by Crippen LogP contribution is 2.68. The maximum Gasteiger partial charge on any atom is 0.220 e. The minimum absolute atomic E-state index is 0.156. The van der Waals surface area contributed by atoms with E-state index in [1.165, 1.54) is 44.9 Å². The van der Waals surface area contributed by atoms with E-state index in [-0.39, 0.29) is 5.91 Å². The number of alkyl halides is 1. The highest BCUT2D eigenvalue weighted by molar-refractivity contribution is 6.18. The Morgan fingerprint density at radius 3 is 2.45 bits per heavy atom. The van der Waals surface area contributed by atoms with Gasteiger partial charge in [0.1, 0.15) is 5.78 Å². The van der Waals surface area contributed by atoms with Gasteiger partial charge in [-0.05, 0) is 97.7 Å². The highest BCUT2D eigenvalue weighted by atomic mass is 35.5. The SMILES string of the molecule is CC(CCC(=O)NCCCl)C1CCC2C3CCC4CC(=O)CCC4(C)C3CCC12C.CCC. The molecule has 1 amide bonds. The summed E-state index contributed by atoms with van der Waals surface area (Å²) in [5.41, 5.74) is 0.850. The largest absolute Gasteiger partial charge is 0.355 e. The molecule has 8 atom stereocenters. The van der Waals surface area contributed by atoms with Crippen molar-refractivity contribution in [2.24, 2.45) is 46.3 Å². The van der Waals surface area contributed by atoms with Gasteiger partial charge in [0.05, 0.1) is 0 Å². The summed E-state index contributed by atoms with van der Waals surface area (Å²) < 4.78 is 0. The first-order valence-electron chi connectivity index (χ1n) is 14.1. The van der Waals surface area contributed by atoms with E-state index in [0.29, 0.717) is 47.3 Å². The van der Waals surface area contributed by atoms with E-state index in [0.717, 1.165) is 49.4 Å². The van der Waals surface area contributed by atoms with Gasteiger partial charge in [-0.3, -0.25) is 9.59 Å². The van der Waals surface area contributed by atoms with Crippen LogP contribution >= 0.6 is 11.6 Å². The van der Waals surface area contributed by atoms with Gasteiger partial charge in [0.15, 0.2) is 0 Å². The second-order valence-electron chi connectivity index (χ2n) is 12.4. The van der Waals surface area contributed by atoms with Crippen LogP contribution in [0.5, 0.6) is 0 Å². The van der Waals surface area contributed by atoms with Crippen LogP contribution in [0.25, 0.3) is 0 Å². The smallest absolute Gasteiger partial charge is 0.220 e. The summed E-state index contributed by atoms with van der Waals surface area (Å²) in [5.74, 6) is 5.71. The zero-order chi connectivity index (χ0) is 24.2. The lowest BCUT2D eigenvalue weighted by Gasteiger charge is -2.60. The molecule has 1 N–H and O–H groups in total. The highest BCUT2D eigenvalue weighted by Gasteiger charge is 2.60. The predicted molar refractivity (Wildman–Crippen MR) is 138 cm³/mol. The molecule has 0 aromatic heterocycles. The van der Waals surface area contributed by atoms with Crippen molar-refractivity contribution < 1.29 is 9.59 Å². The van der Waals surface area contributed by atoms with Crippen molar-refractivity contribution in [3.63, 3.8) is 0 Å². The van der Waals surface area contributed by atoms with E-state index in [9.17, 15) is 9.59 Å². The van der Waals surface area contributed by atoms with Crippen LogP contribution in [0, 0.1) is 46.3 Å². The van der Waals surface area contributed by atoms with Crippen LogP contribution in [0.15, 0.2) is 0 Å². The number of halogens is 1. The molecule has 0 radical (unpaired) electrons. The van der Waals surface area contributed by atoms with Gasteiger partial charge >= 0.3 is 0 Å². The molecule has 0 aromatic rings. The third kappa shape index (κ3) is 5.49. The van der Waals surface area contributed by atoms with Crippen LogP contribution < -0.4 is 5.32 Å². The van der Waals surface area contributed by atoms with Crippen molar-refractivity contribution in [1.29, 1.82) is 0 Å². The monoisotopic (exact) mass is 479 g/mol. The number of carbonyl (C=O) groups excluding carboxylic acids is 2. The third-order valence-corrected chi connectivity index (χ3v) is 10.7. The summed E-state index contributed by atoms with van der Waals surface area (Å²) in [7, 11) is 0. The molecule has 0 aromatic carbocycles. The number of amides is 1. The van der Waals surface area contributed by atoms with E-state index >= 15 is 0 Å². The second kappa shape index (κ2) is 11.4. The molecule has 8 unspecified atom stereocenters. The van der Waals surface area contributed by atoms with Crippen molar-refractivity contribution in [3.8, 4) is 0 Å². The molecular weight excluding hydrogens is 430 g/mol. The Kier molecular flexibility index (Phi) is 9.37. The normalized spacial score (nSPS) is 40.5. The molecule has 0 spiro atoms. The Hall–Kier alpha value is -0.570. The maximum absolute atomic E-state index is 12.1. The predicted octanol–water partition coefficient (Wildman–Crippen LogP) is 7.40. The van der Waals surface area contributed by atoms with Crippen LogP contribution in [0.1, 0.15) is 112 Å². The molecule has 4 fully saturated rings. The summed E-state index contributed by atoms with van der Waals surface area (Å²) in [4.78, 5) is 24.2. The average Bonchev–Trinajstić information content (AvgIpc) is 3.14. The Morgan fingerprint density at radius 2 is 1.76 bits per heavy atom. The van der Waals surface area contributed by atoms with Gasteiger partial charge in [0.25, 0.3) is 0 Å². The third-order valence-electron chi connectivity index (χ3n) is 10.5. The van der Waals surface area contributed by atoms with Crippen LogP contribution in [-0.4, -0.2) is 24.1 Å². The molecule has 4 rings (SSSR count). The quantitative estimate of drug-likeness (QED) is 0.403.